The molecule has 7 nitrogen and oxygen atoms in total. The molecule has 0 aliphatic carbocycles. The highest BCUT2D eigenvalue weighted by atomic mass is 32.2. The topological polar surface area (TPSA) is 98.7 Å². The molecule has 0 saturated carbocycles. The van der Waals surface area contributed by atoms with Crippen molar-refractivity contribution in [2.45, 2.75) is 81.6 Å². The van der Waals surface area contributed by atoms with Gasteiger partial charge in [-0.2, -0.15) is 0 Å². The highest BCUT2D eigenvalue weighted by molar-refractivity contribution is 8.02. The van der Waals surface area contributed by atoms with Crippen molar-refractivity contribution in [3.8, 4) is 0 Å². The number of hydrogen-bond acceptors (Lipinski definition) is 5. The number of nitrogens with zero attached hydrogens (tertiary/aromatic N) is 1. The van der Waals surface area contributed by atoms with Crippen molar-refractivity contribution in [2.75, 3.05) is 6.61 Å². The SMILES string of the molecule is CC[C@H](C)[C@H](CO)N1C(=O)[C@@H]2[C@H](C(=O)NCc3ccccc3)[C@@H]3CCC2(S3)C1C(=O)NC(C)C. The maximum absolute atomic E-state index is 14.0. The first kappa shape index (κ1) is 25.0. The first-order valence-corrected chi connectivity index (χ1v) is 13.4. The van der Waals surface area contributed by atoms with E-state index in [0.29, 0.717) is 6.54 Å². The summed E-state index contributed by atoms with van der Waals surface area (Å²) in [6.45, 7) is 8.06. The predicted molar refractivity (Wildman–Crippen MR) is 133 cm³/mol. The van der Waals surface area contributed by atoms with E-state index in [0.717, 1.165) is 24.8 Å². The van der Waals surface area contributed by atoms with Crippen molar-refractivity contribution < 1.29 is 19.5 Å². The van der Waals surface area contributed by atoms with Gasteiger partial charge >= 0.3 is 0 Å². The van der Waals surface area contributed by atoms with Gasteiger partial charge in [0.2, 0.25) is 17.7 Å². The zero-order valence-electron chi connectivity index (χ0n) is 20.5. The minimum Gasteiger partial charge on any atom is -0.394 e. The molecule has 3 aliphatic rings. The van der Waals surface area contributed by atoms with Gasteiger partial charge in [-0.3, -0.25) is 14.4 Å². The molecule has 3 N–H and O–H groups in total. The molecule has 4 rings (SSSR count). The molecule has 186 valence electrons. The molecule has 7 atom stereocenters. The molecule has 3 saturated heterocycles. The Balaban J connectivity index is 1.66. The number of likely N-dealkylation sites (tertiary alicyclic amines) is 1. The largest absolute Gasteiger partial charge is 0.394 e. The van der Waals surface area contributed by atoms with Crippen molar-refractivity contribution >= 4 is 29.5 Å². The van der Waals surface area contributed by atoms with E-state index < -0.39 is 28.7 Å². The lowest BCUT2D eigenvalue weighted by molar-refractivity contribution is -0.144. The summed E-state index contributed by atoms with van der Waals surface area (Å²) in [6, 6.07) is 8.53. The first-order chi connectivity index (χ1) is 16.2. The van der Waals surface area contributed by atoms with E-state index in [1.165, 1.54) is 0 Å². The molecule has 3 heterocycles. The second-order valence-corrected chi connectivity index (χ2v) is 11.9. The fourth-order valence-electron chi connectivity index (χ4n) is 6.13. The third-order valence-corrected chi connectivity index (χ3v) is 9.83. The van der Waals surface area contributed by atoms with E-state index in [1.807, 2.05) is 58.0 Å². The maximum atomic E-state index is 14.0. The predicted octanol–water partition coefficient (Wildman–Crippen LogP) is 2.33. The van der Waals surface area contributed by atoms with Crippen LogP contribution in [0.1, 0.15) is 52.5 Å². The summed E-state index contributed by atoms with van der Waals surface area (Å²) in [7, 11) is 0. The van der Waals surface area contributed by atoms with Crippen LogP contribution in [-0.4, -0.2) is 62.5 Å². The second kappa shape index (κ2) is 9.90. The Kier molecular flexibility index (Phi) is 7.29. The summed E-state index contributed by atoms with van der Waals surface area (Å²) in [5.41, 5.74) is 1.01. The van der Waals surface area contributed by atoms with Gasteiger partial charge in [0, 0.05) is 17.8 Å². The van der Waals surface area contributed by atoms with Crippen molar-refractivity contribution in [1.29, 1.82) is 0 Å². The van der Waals surface area contributed by atoms with Crippen LogP contribution in [0.4, 0.5) is 0 Å². The number of thioether (sulfide) groups is 1. The molecule has 3 amide bonds. The van der Waals surface area contributed by atoms with Crippen LogP contribution in [0.3, 0.4) is 0 Å². The summed E-state index contributed by atoms with van der Waals surface area (Å²) < 4.78 is -0.629. The number of hydrogen-bond donors (Lipinski definition) is 3. The number of fused-ring (bicyclic) bond motifs is 1. The summed E-state index contributed by atoms with van der Waals surface area (Å²) in [5.74, 6) is -1.43. The van der Waals surface area contributed by atoms with Crippen LogP contribution in [0.25, 0.3) is 0 Å². The Morgan fingerprint density at radius 1 is 1.21 bits per heavy atom. The molecule has 2 unspecified atom stereocenters. The van der Waals surface area contributed by atoms with Crippen LogP contribution in [-0.2, 0) is 20.9 Å². The molecule has 0 aromatic heterocycles. The highest BCUT2D eigenvalue weighted by Gasteiger charge is 2.74. The highest BCUT2D eigenvalue weighted by Crippen LogP contribution is 2.66. The molecule has 1 aromatic carbocycles. The van der Waals surface area contributed by atoms with Gasteiger partial charge in [-0.15, -0.1) is 11.8 Å². The Morgan fingerprint density at radius 2 is 1.91 bits per heavy atom. The monoisotopic (exact) mass is 487 g/mol. The van der Waals surface area contributed by atoms with Crippen LogP contribution in [0.5, 0.6) is 0 Å². The van der Waals surface area contributed by atoms with Gasteiger partial charge in [-0.1, -0.05) is 50.6 Å². The zero-order chi connectivity index (χ0) is 24.6. The van der Waals surface area contributed by atoms with Crippen LogP contribution >= 0.6 is 11.8 Å². The number of rotatable bonds is 9. The number of aliphatic hydroxyl groups excluding tert-OH is 1. The maximum Gasteiger partial charge on any atom is 0.244 e. The van der Waals surface area contributed by atoms with Crippen molar-refractivity contribution in [3.63, 3.8) is 0 Å². The molecule has 34 heavy (non-hydrogen) atoms. The zero-order valence-corrected chi connectivity index (χ0v) is 21.3. The van der Waals surface area contributed by atoms with Crippen molar-refractivity contribution in [3.05, 3.63) is 35.9 Å². The Morgan fingerprint density at radius 3 is 2.53 bits per heavy atom. The van der Waals surface area contributed by atoms with Crippen LogP contribution < -0.4 is 10.6 Å². The van der Waals surface area contributed by atoms with E-state index in [2.05, 4.69) is 10.6 Å². The standard InChI is InChI=1S/C26H37N3O4S/c1-5-16(4)18(14-30)29-22(24(32)28-15(2)3)26-12-11-19(34-26)20(21(26)25(29)33)23(31)27-13-17-9-7-6-8-10-17/h6-10,15-16,18-22,30H,5,11-14H2,1-4H3,(H,27,31)(H,28,32)/t16-,18-,19-,20+,21-,22?,26?/m0/s1. The molecule has 8 heteroatoms. The van der Waals surface area contributed by atoms with Gasteiger partial charge in [0.1, 0.15) is 6.04 Å². The smallest absolute Gasteiger partial charge is 0.244 e. The fraction of sp³-hybridized carbons (Fsp3) is 0.654. The molecule has 1 aromatic rings. The number of benzene rings is 1. The Hall–Kier alpha value is -2.06. The first-order valence-electron chi connectivity index (χ1n) is 12.5. The van der Waals surface area contributed by atoms with E-state index in [-0.39, 0.29) is 41.5 Å². The van der Waals surface area contributed by atoms with E-state index in [4.69, 9.17) is 0 Å². The van der Waals surface area contributed by atoms with E-state index in [9.17, 15) is 19.5 Å². The van der Waals surface area contributed by atoms with Crippen LogP contribution in [0, 0.1) is 17.8 Å². The van der Waals surface area contributed by atoms with E-state index in [1.54, 1.807) is 16.7 Å². The lowest BCUT2D eigenvalue weighted by Gasteiger charge is -2.39. The third kappa shape index (κ3) is 4.13. The van der Waals surface area contributed by atoms with Crippen molar-refractivity contribution in [2.24, 2.45) is 17.8 Å². The van der Waals surface area contributed by atoms with Gasteiger partial charge in [0.05, 0.1) is 29.2 Å². The van der Waals surface area contributed by atoms with Gasteiger partial charge in [-0.05, 0) is 38.2 Å². The summed E-state index contributed by atoms with van der Waals surface area (Å²) >= 11 is 1.66. The average molecular weight is 488 g/mol. The Labute approximate surface area is 206 Å². The number of aliphatic hydroxyl groups is 1. The molecular weight excluding hydrogens is 450 g/mol. The van der Waals surface area contributed by atoms with E-state index >= 15 is 0 Å². The quantitative estimate of drug-likeness (QED) is 0.497. The molecule has 3 fully saturated rings. The van der Waals surface area contributed by atoms with Crippen LogP contribution in [0.15, 0.2) is 30.3 Å². The molecule has 0 radical (unpaired) electrons. The molecular formula is C26H37N3O4S. The number of nitrogens with one attached hydrogen (secondary N) is 2. The second-order valence-electron chi connectivity index (χ2n) is 10.3. The fourth-order valence-corrected chi connectivity index (χ4v) is 8.33. The number of carbonyl (C=O) groups excluding carboxylic acids is 3. The normalized spacial score (nSPS) is 31.5. The van der Waals surface area contributed by atoms with Gasteiger partial charge in [0.25, 0.3) is 0 Å². The summed E-state index contributed by atoms with van der Waals surface area (Å²) in [6.07, 6.45) is 2.32. The van der Waals surface area contributed by atoms with Crippen molar-refractivity contribution in [1.82, 2.24) is 15.5 Å². The summed E-state index contributed by atoms with van der Waals surface area (Å²) in [5, 5.41) is 16.4. The lowest BCUT2D eigenvalue weighted by Crippen LogP contribution is -2.58. The molecule has 3 aliphatic heterocycles. The minimum atomic E-state index is -0.680. The van der Waals surface area contributed by atoms with Crippen LogP contribution in [0.2, 0.25) is 0 Å². The number of carbonyl (C=O) groups is 3. The van der Waals surface area contributed by atoms with Gasteiger partial charge < -0.3 is 20.6 Å². The number of amides is 3. The molecule has 2 bridgehead atoms. The summed E-state index contributed by atoms with van der Waals surface area (Å²) in [4.78, 5) is 42.7. The molecule has 1 spiro atoms. The average Bonchev–Trinajstić information content (AvgIpc) is 3.46. The van der Waals surface area contributed by atoms with Gasteiger partial charge in [0.15, 0.2) is 0 Å². The van der Waals surface area contributed by atoms with Gasteiger partial charge in [-0.25, -0.2) is 0 Å². The minimum absolute atomic E-state index is 0.0254. The third-order valence-electron chi connectivity index (χ3n) is 7.87. The lowest BCUT2D eigenvalue weighted by atomic mass is 9.70. The Bertz CT molecular complexity index is 926.